The number of aromatic amines is 1. The first-order valence-corrected chi connectivity index (χ1v) is 9.84. The summed E-state index contributed by atoms with van der Waals surface area (Å²) in [6.07, 6.45) is 0.621. The lowest BCUT2D eigenvalue weighted by molar-refractivity contribution is -0.137. The molecule has 0 spiro atoms. The van der Waals surface area contributed by atoms with Crippen LogP contribution in [0.1, 0.15) is 38.0 Å². The average molecular weight is 423 g/mol. The molecule has 1 aliphatic rings. The average Bonchev–Trinajstić information content (AvgIpc) is 2.98. The zero-order chi connectivity index (χ0) is 21.1. The Morgan fingerprint density at radius 3 is 2.72 bits per heavy atom. The largest absolute Gasteiger partial charge is 0.330 e. The zero-order valence-corrected chi connectivity index (χ0v) is 17.3. The third-order valence-corrected chi connectivity index (χ3v) is 5.03. The Morgan fingerprint density at radius 2 is 2.10 bits per heavy atom. The van der Waals surface area contributed by atoms with Crippen LogP contribution in [0.4, 0.5) is 14.9 Å². The molecule has 0 radical (unpaired) electrons. The van der Waals surface area contributed by atoms with Gasteiger partial charge in [0.1, 0.15) is 17.7 Å². The van der Waals surface area contributed by atoms with Crippen LogP contribution < -0.4 is 5.32 Å². The van der Waals surface area contributed by atoms with Crippen molar-refractivity contribution in [3.63, 3.8) is 0 Å². The summed E-state index contributed by atoms with van der Waals surface area (Å²) in [5.74, 6) is 0.366. The van der Waals surface area contributed by atoms with Gasteiger partial charge in [0.25, 0.3) is 0 Å². The fraction of sp³-hybridized carbons (Fsp3) is 0.474. The van der Waals surface area contributed by atoms with Crippen LogP contribution in [0.2, 0.25) is 5.02 Å². The zero-order valence-electron chi connectivity index (χ0n) is 16.6. The number of aryl methyl sites for hydroxylation is 1. The SMILES string of the molecule is Cc1nc(C2CN(C(=O)Nc3ccc(F)c(Cl)c3)CCCN2C(=O)C(C)C)n[nH]1. The lowest BCUT2D eigenvalue weighted by Gasteiger charge is -2.31. The highest BCUT2D eigenvalue weighted by atomic mass is 35.5. The van der Waals surface area contributed by atoms with Gasteiger partial charge in [-0.15, -0.1) is 0 Å². The molecule has 0 bridgehead atoms. The molecule has 2 N–H and O–H groups in total. The number of benzene rings is 1. The lowest BCUT2D eigenvalue weighted by atomic mass is 10.1. The van der Waals surface area contributed by atoms with Gasteiger partial charge in [0.15, 0.2) is 5.82 Å². The minimum Gasteiger partial charge on any atom is -0.330 e. The predicted octanol–water partition coefficient (Wildman–Crippen LogP) is 3.37. The number of hydrogen-bond acceptors (Lipinski definition) is 4. The molecule has 1 aliphatic heterocycles. The van der Waals surface area contributed by atoms with E-state index in [2.05, 4.69) is 20.5 Å². The molecule has 1 saturated heterocycles. The molecule has 1 atom stereocenters. The number of halogens is 2. The number of aromatic nitrogens is 3. The summed E-state index contributed by atoms with van der Waals surface area (Å²) in [4.78, 5) is 33.4. The topological polar surface area (TPSA) is 94.2 Å². The molecule has 156 valence electrons. The molecule has 3 rings (SSSR count). The van der Waals surface area contributed by atoms with E-state index in [1.165, 1.54) is 18.2 Å². The van der Waals surface area contributed by atoms with E-state index in [-0.39, 0.29) is 29.4 Å². The first-order valence-electron chi connectivity index (χ1n) is 9.46. The van der Waals surface area contributed by atoms with E-state index in [9.17, 15) is 14.0 Å². The Balaban J connectivity index is 1.82. The van der Waals surface area contributed by atoms with E-state index in [0.717, 1.165) is 0 Å². The first kappa shape index (κ1) is 21.0. The summed E-state index contributed by atoms with van der Waals surface area (Å²) in [7, 11) is 0. The van der Waals surface area contributed by atoms with Crippen molar-refractivity contribution < 1.29 is 14.0 Å². The molecule has 29 heavy (non-hydrogen) atoms. The number of H-pyrrole nitrogens is 1. The number of rotatable bonds is 3. The van der Waals surface area contributed by atoms with Crippen molar-refractivity contribution in [2.45, 2.75) is 33.2 Å². The van der Waals surface area contributed by atoms with Crippen LogP contribution in [-0.2, 0) is 4.79 Å². The van der Waals surface area contributed by atoms with Gasteiger partial charge in [-0.1, -0.05) is 25.4 Å². The van der Waals surface area contributed by atoms with Gasteiger partial charge in [-0.2, -0.15) is 5.10 Å². The fourth-order valence-corrected chi connectivity index (χ4v) is 3.45. The van der Waals surface area contributed by atoms with Gasteiger partial charge in [0.05, 0.1) is 11.6 Å². The molecule has 1 unspecified atom stereocenters. The van der Waals surface area contributed by atoms with Gasteiger partial charge >= 0.3 is 6.03 Å². The maximum atomic E-state index is 13.4. The van der Waals surface area contributed by atoms with Gasteiger partial charge in [-0.3, -0.25) is 9.89 Å². The summed E-state index contributed by atoms with van der Waals surface area (Å²) in [5.41, 5.74) is 0.394. The molecule has 1 aromatic heterocycles. The Bertz CT molecular complexity index is 903. The Hall–Kier alpha value is -2.68. The number of urea groups is 1. The summed E-state index contributed by atoms with van der Waals surface area (Å²) < 4.78 is 13.4. The molecule has 2 heterocycles. The van der Waals surface area contributed by atoms with Crippen molar-refractivity contribution >= 4 is 29.2 Å². The molecule has 2 aromatic rings. The number of amides is 3. The predicted molar refractivity (Wildman–Crippen MR) is 107 cm³/mol. The second-order valence-electron chi connectivity index (χ2n) is 7.34. The quantitative estimate of drug-likeness (QED) is 0.792. The monoisotopic (exact) mass is 422 g/mol. The maximum Gasteiger partial charge on any atom is 0.321 e. The van der Waals surface area contributed by atoms with Crippen molar-refractivity contribution in [1.82, 2.24) is 25.0 Å². The van der Waals surface area contributed by atoms with E-state index >= 15 is 0 Å². The lowest BCUT2D eigenvalue weighted by Crippen LogP contribution is -2.43. The van der Waals surface area contributed by atoms with Crippen LogP contribution in [0.15, 0.2) is 18.2 Å². The molecule has 0 saturated carbocycles. The molecule has 3 amide bonds. The smallest absolute Gasteiger partial charge is 0.321 e. The first-order chi connectivity index (χ1) is 13.8. The fourth-order valence-electron chi connectivity index (χ4n) is 3.27. The number of nitrogens with zero attached hydrogens (tertiary/aromatic N) is 4. The van der Waals surface area contributed by atoms with E-state index in [4.69, 9.17) is 11.6 Å². The summed E-state index contributed by atoms with van der Waals surface area (Å²) in [5, 5.41) is 9.69. The van der Waals surface area contributed by atoms with Crippen LogP contribution in [0.3, 0.4) is 0 Å². The summed E-state index contributed by atoms with van der Waals surface area (Å²) >= 11 is 5.79. The Labute approximate surface area is 173 Å². The maximum absolute atomic E-state index is 13.4. The molecule has 1 aromatic carbocycles. The molecule has 0 aliphatic carbocycles. The van der Waals surface area contributed by atoms with Gasteiger partial charge < -0.3 is 15.1 Å². The number of anilines is 1. The van der Waals surface area contributed by atoms with Gasteiger partial charge in [0, 0.05) is 24.7 Å². The normalized spacial score (nSPS) is 17.4. The third-order valence-electron chi connectivity index (χ3n) is 4.74. The van der Waals surface area contributed by atoms with Crippen molar-refractivity contribution in [2.24, 2.45) is 5.92 Å². The molecule has 8 nitrogen and oxygen atoms in total. The minimum atomic E-state index is -0.553. The van der Waals surface area contributed by atoms with E-state index in [1.54, 1.807) is 16.7 Å². The van der Waals surface area contributed by atoms with Crippen LogP contribution in [0.5, 0.6) is 0 Å². The highest BCUT2D eigenvalue weighted by Gasteiger charge is 2.34. The number of carbonyl (C=O) groups excluding carboxylic acids is 2. The highest BCUT2D eigenvalue weighted by molar-refractivity contribution is 6.31. The van der Waals surface area contributed by atoms with Crippen LogP contribution in [0.25, 0.3) is 0 Å². The highest BCUT2D eigenvalue weighted by Crippen LogP contribution is 2.26. The van der Waals surface area contributed by atoms with E-state index in [1.807, 2.05) is 13.8 Å². The summed E-state index contributed by atoms with van der Waals surface area (Å²) in [6, 6.07) is 3.19. The van der Waals surface area contributed by atoms with Gasteiger partial charge in [-0.25, -0.2) is 14.2 Å². The second kappa shape index (κ2) is 8.77. The molecular weight excluding hydrogens is 399 g/mol. The number of carbonyl (C=O) groups is 2. The second-order valence-corrected chi connectivity index (χ2v) is 7.75. The van der Waals surface area contributed by atoms with Crippen molar-refractivity contribution in [3.05, 3.63) is 40.7 Å². The van der Waals surface area contributed by atoms with Crippen LogP contribution in [-0.4, -0.2) is 56.6 Å². The molecule has 1 fully saturated rings. The Kier molecular flexibility index (Phi) is 6.36. The molecular formula is C19H24ClFN6O2. The number of hydrogen-bond donors (Lipinski definition) is 2. The van der Waals surface area contributed by atoms with E-state index < -0.39 is 11.9 Å². The van der Waals surface area contributed by atoms with Crippen molar-refractivity contribution in [2.75, 3.05) is 25.0 Å². The van der Waals surface area contributed by atoms with E-state index in [0.29, 0.717) is 36.8 Å². The van der Waals surface area contributed by atoms with Crippen LogP contribution >= 0.6 is 11.6 Å². The number of nitrogens with one attached hydrogen (secondary N) is 2. The van der Waals surface area contributed by atoms with Crippen LogP contribution in [0, 0.1) is 18.7 Å². The standard InChI is InChI=1S/C19H24ClFN6O2/c1-11(2)18(28)27-8-4-7-26(10-16(27)17-22-12(3)24-25-17)19(29)23-13-5-6-15(21)14(20)9-13/h5-6,9,11,16H,4,7-8,10H2,1-3H3,(H,23,29)(H,22,24,25). The Morgan fingerprint density at radius 1 is 1.34 bits per heavy atom. The van der Waals surface area contributed by atoms with Gasteiger partial charge in [0.2, 0.25) is 5.91 Å². The van der Waals surface area contributed by atoms with Gasteiger partial charge in [-0.05, 0) is 31.5 Å². The third kappa shape index (κ3) is 4.84. The molecule has 10 heteroatoms. The summed E-state index contributed by atoms with van der Waals surface area (Å²) in [6.45, 7) is 6.68. The van der Waals surface area contributed by atoms with Crippen molar-refractivity contribution in [1.29, 1.82) is 0 Å². The van der Waals surface area contributed by atoms with Crippen molar-refractivity contribution in [3.8, 4) is 0 Å². The minimum absolute atomic E-state index is 0.00923.